The molecule has 6 heteroatoms. The van der Waals surface area contributed by atoms with Crippen molar-refractivity contribution in [1.29, 1.82) is 0 Å². The van der Waals surface area contributed by atoms with Gasteiger partial charge in [-0.05, 0) is 33.5 Å². The van der Waals surface area contributed by atoms with Crippen LogP contribution in [0, 0.1) is 4.91 Å². The van der Waals surface area contributed by atoms with Crippen molar-refractivity contribution in [3.05, 3.63) is 136 Å². The molecule has 36 heavy (non-hydrogen) atoms. The van der Waals surface area contributed by atoms with Gasteiger partial charge < -0.3 is 10.6 Å². The van der Waals surface area contributed by atoms with Crippen LogP contribution in [-0.2, 0) is 16.0 Å². The minimum atomic E-state index is -0.416. The average Bonchev–Trinajstić information content (AvgIpc) is 3.39. The zero-order valence-electron chi connectivity index (χ0n) is 19.8. The van der Waals surface area contributed by atoms with Crippen LogP contribution in [0.1, 0.15) is 22.3 Å². The third-order valence-corrected chi connectivity index (χ3v) is 8.10. The first kappa shape index (κ1) is 23.8. The van der Waals surface area contributed by atoms with E-state index in [9.17, 15) is 9.70 Å². The summed E-state index contributed by atoms with van der Waals surface area (Å²) in [5.74, 6) is 0.638. The number of benzene rings is 4. The predicted octanol–water partition coefficient (Wildman–Crippen LogP) is 6.26. The van der Waals surface area contributed by atoms with Gasteiger partial charge in [0.15, 0.2) is 0 Å². The van der Waals surface area contributed by atoms with Gasteiger partial charge in [0.1, 0.15) is 11.7 Å². The number of carbonyl (C=O) groups excluding carboxylic acids is 1. The van der Waals surface area contributed by atoms with Gasteiger partial charge in [-0.2, -0.15) is 0 Å². The minimum absolute atomic E-state index is 0.0756. The molecule has 1 aliphatic rings. The van der Waals surface area contributed by atoms with Gasteiger partial charge in [-0.3, -0.25) is 4.79 Å². The molecule has 0 aliphatic carbocycles. The second-order valence-corrected chi connectivity index (χ2v) is 10.0. The summed E-state index contributed by atoms with van der Waals surface area (Å²) in [4.78, 5) is 24.1. The number of thioether (sulfide) groups is 1. The maximum Gasteiger partial charge on any atom is 0.242 e. The fourth-order valence-electron chi connectivity index (χ4n) is 4.87. The first-order valence-corrected chi connectivity index (χ1v) is 13.0. The molecule has 0 aromatic heterocycles. The van der Waals surface area contributed by atoms with Crippen LogP contribution in [0.4, 0.5) is 11.4 Å². The molecule has 0 fully saturated rings. The standard InChI is InChI=1S/C30H27N3O2S/c34-29(27-21-22-11-10-18-26(33-35)28(22)32-27)31-19-20-36-30(23-12-4-1-5-13-23,24-14-6-2-7-15-24)25-16-8-3-9-17-25/h1-18,27,32H,19-21H2,(H,31,34). The second kappa shape index (κ2) is 10.8. The second-order valence-electron chi connectivity index (χ2n) is 8.72. The zero-order valence-corrected chi connectivity index (χ0v) is 20.6. The molecule has 1 atom stereocenters. The zero-order chi connectivity index (χ0) is 24.8. The quantitative estimate of drug-likeness (QED) is 0.164. The van der Waals surface area contributed by atoms with Gasteiger partial charge in [-0.15, -0.1) is 16.7 Å². The largest absolute Gasteiger partial charge is 0.371 e. The molecule has 180 valence electrons. The first-order valence-electron chi connectivity index (χ1n) is 12.0. The Balaban J connectivity index is 1.34. The fourth-order valence-corrected chi connectivity index (χ4v) is 6.29. The van der Waals surface area contributed by atoms with E-state index in [1.165, 1.54) is 16.7 Å². The first-order chi connectivity index (χ1) is 17.7. The van der Waals surface area contributed by atoms with Crippen molar-refractivity contribution in [2.75, 3.05) is 17.6 Å². The monoisotopic (exact) mass is 493 g/mol. The Morgan fingerprint density at radius 2 is 1.39 bits per heavy atom. The molecule has 4 aromatic carbocycles. The average molecular weight is 494 g/mol. The Bertz CT molecular complexity index is 1230. The third-order valence-electron chi connectivity index (χ3n) is 6.55. The maximum atomic E-state index is 13.0. The molecule has 1 amide bonds. The lowest BCUT2D eigenvalue weighted by molar-refractivity contribution is -0.121. The summed E-state index contributed by atoms with van der Waals surface area (Å²) in [5, 5.41) is 9.35. The molecular weight excluding hydrogens is 466 g/mol. The van der Waals surface area contributed by atoms with Crippen molar-refractivity contribution in [2.45, 2.75) is 17.2 Å². The Hall–Kier alpha value is -3.90. The van der Waals surface area contributed by atoms with E-state index in [1.54, 1.807) is 12.1 Å². The van der Waals surface area contributed by atoms with E-state index in [0.717, 1.165) is 5.56 Å². The number of rotatable bonds is 9. The molecule has 5 nitrogen and oxygen atoms in total. The number of nitroso groups, excluding NO2 is 1. The lowest BCUT2D eigenvalue weighted by atomic mass is 9.84. The maximum absolute atomic E-state index is 13.0. The van der Waals surface area contributed by atoms with E-state index < -0.39 is 10.8 Å². The number of hydrogen-bond acceptors (Lipinski definition) is 5. The van der Waals surface area contributed by atoms with Crippen molar-refractivity contribution < 1.29 is 4.79 Å². The van der Waals surface area contributed by atoms with E-state index >= 15 is 0 Å². The molecule has 4 aromatic rings. The SMILES string of the molecule is O=Nc1cccc2c1NC(C(=O)NCCSC(c1ccccc1)(c1ccccc1)c1ccccc1)C2. The highest BCUT2D eigenvalue weighted by Gasteiger charge is 2.37. The smallest absolute Gasteiger partial charge is 0.242 e. The molecule has 5 rings (SSSR count). The van der Waals surface area contributed by atoms with E-state index in [-0.39, 0.29) is 5.91 Å². The number of hydrogen-bond donors (Lipinski definition) is 2. The molecule has 0 spiro atoms. The van der Waals surface area contributed by atoms with Crippen molar-refractivity contribution >= 4 is 29.0 Å². The molecular formula is C30H27N3O2S. The summed E-state index contributed by atoms with van der Waals surface area (Å²) >= 11 is 1.81. The molecule has 0 saturated carbocycles. The van der Waals surface area contributed by atoms with E-state index in [1.807, 2.05) is 36.0 Å². The Morgan fingerprint density at radius 1 is 0.833 bits per heavy atom. The third kappa shape index (κ3) is 4.64. The van der Waals surface area contributed by atoms with Gasteiger partial charge in [0.05, 0.1) is 10.4 Å². The predicted molar refractivity (Wildman–Crippen MR) is 148 cm³/mol. The van der Waals surface area contributed by atoms with Gasteiger partial charge in [0.2, 0.25) is 5.91 Å². The van der Waals surface area contributed by atoms with Gasteiger partial charge in [-0.25, -0.2) is 0 Å². The Labute approximate surface area is 215 Å². The highest BCUT2D eigenvalue weighted by Crippen LogP contribution is 2.48. The van der Waals surface area contributed by atoms with Crippen molar-refractivity contribution in [3.63, 3.8) is 0 Å². The van der Waals surface area contributed by atoms with Crippen LogP contribution in [0.25, 0.3) is 0 Å². The molecule has 2 N–H and O–H groups in total. The summed E-state index contributed by atoms with van der Waals surface area (Å²) in [6.07, 6.45) is 0.541. The number of fused-ring (bicyclic) bond motifs is 1. The van der Waals surface area contributed by atoms with Crippen LogP contribution >= 0.6 is 11.8 Å². The lowest BCUT2D eigenvalue weighted by Crippen LogP contribution is -2.39. The number of nitrogens with zero attached hydrogens (tertiary/aromatic N) is 1. The van der Waals surface area contributed by atoms with E-state index in [0.29, 0.717) is 30.1 Å². The molecule has 0 saturated heterocycles. The minimum Gasteiger partial charge on any atom is -0.371 e. The molecule has 1 aliphatic heterocycles. The van der Waals surface area contributed by atoms with Gasteiger partial charge in [-0.1, -0.05) is 103 Å². The summed E-state index contributed by atoms with van der Waals surface area (Å²) in [6.45, 7) is 0.519. The Morgan fingerprint density at radius 3 is 1.92 bits per heavy atom. The number of amides is 1. The van der Waals surface area contributed by atoms with Crippen molar-refractivity contribution in [1.82, 2.24) is 5.32 Å². The summed E-state index contributed by atoms with van der Waals surface area (Å²) in [5.41, 5.74) is 5.54. The molecule has 0 radical (unpaired) electrons. The lowest BCUT2D eigenvalue weighted by Gasteiger charge is -2.35. The van der Waals surface area contributed by atoms with E-state index in [2.05, 4.69) is 88.6 Å². The fraction of sp³-hybridized carbons (Fsp3) is 0.167. The molecule has 1 heterocycles. The summed E-state index contributed by atoms with van der Waals surface area (Å²) < 4.78 is -0.416. The van der Waals surface area contributed by atoms with Crippen LogP contribution in [0.15, 0.2) is 114 Å². The Kier molecular flexibility index (Phi) is 7.14. The number of para-hydroxylation sites is 1. The van der Waals surface area contributed by atoms with Gasteiger partial charge in [0, 0.05) is 18.7 Å². The van der Waals surface area contributed by atoms with Gasteiger partial charge in [0.25, 0.3) is 0 Å². The normalized spacial score (nSPS) is 14.5. The number of anilines is 1. The number of carbonyl (C=O) groups is 1. The van der Waals surface area contributed by atoms with Crippen molar-refractivity contribution in [3.8, 4) is 0 Å². The van der Waals surface area contributed by atoms with Crippen LogP contribution in [0.2, 0.25) is 0 Å². The van der Waals surface area contributed by atoms with Crippen LogP contribution in [0.5, 0.6) is 0 Å². The molecule has 0 bridgehead atoms. The van der Waals surface area contributed by atoms with Gasteiger partial charge >= 0.3 is 0 Å². The van der Waals surface area contributed by atoms with Crippen LogP contribution < -0.4 is 10.6 Å². The summed E-state index contributed by atoms with van der Waals surface area (Å²) in [7, 11) is 0. The van der Waals surface area contributed by atoms with E-state index in [4.69, 9.17) is 0 Å². The summed E-state index contributed by atoms with van der Waals surface area (Å²) in [6, 6.07) is 36.5. The highest BCUT2D eigenvalue weighted by atomic mass is 32.2. The van der Waals surface area contributed by atoms with Crippen LogP contribution in [-0.4, -0.2) is 24.2 Å². The number of nitrogens with one attached hydrogen (secondary N) is 2. The van der Waals surface area contributed by atoms with Crippen LogP contribution in [0.3, 0.4) is 0 Å². The molecule has 1 unspecified atom stereocenters. The highest BCUT2D eigenvalue weighted by molar-refractivity contribution is 8.00. The topological polar surface area (TPSA) is 70.6 Å². The van der Waals surface area contributed by atoms with Crippen molar-refractivity contribution in [2.24, 2.45) is 5.18 Å².